The predicted octanol–water partition coefficient (Wildman–Crippen LogP) is 3.23. The van der Waals surface area contributed by atoms with Crippen molar-refractivity contribution < 1.29 is 19.1 Å². The Kier molecular flexibility index (Phi) is 7.89. The van der Waals surface area contributed by atoms with Gasteiger partial charge in [0.2, 0.25) is 5.91 Å². The second-order valence-corrected chi connectivity index (χ2v) is 7.38. The number of anilines is 1. The van der Waals surface area contributed by atoms with Gasteiger partial charge in [0, 0.05) is 30.9 Å². The number of carbonyl (C=O) groups excluding carboxylic acids is 2. The third kappa shape index (κ3) is 5.98. The average molecular weight is 426 g/mol. The zero-order valence-electron chi connectivity index (χ0n) is 18.5. The molecule has 2 amide bonds. The Hall–Kier alpha value is -3.06. The highest BCUT2D eigenvalue weighted by Crippen LogP contribution is 2.33. The number of hydrogen-bond acceptors (Lipinski definition) is 5. The molecule has 7 nitrogen and oxygen atoms in total. The smallest absolute Gasteiger partial charge is 0.251 e. The maximum atomic E-state index is 12.6. The molecule has 0 saturated carbocycles. The Balaban J connectivity index is 1.63. The van der Waals surface area contributed by atoms with E-state index >= 15 is 0 Å². The zero-order chi connectivity index (χ0) is 22.2. The molecular formula is C24H31N3O4. The Bertz CT molecular complexity index is 929. The normalized spacial score (nSPS) is 13.3. The molecule has 1 heterocycles. The molecule has 1 aliphatic heterocycles. The number of carbonyl (C=O) groups is 2. The molecule has 0 atom stereocenters. The first-order valence-electron chi connectivity index (χ1n) is 10.9. The molecule has 166 valence electrons. The van der Waals surface area contributed by atoms with Crippen molar-refractivity contribution in [2.75, 3.05) is 38.2 Å². The van der Waals surface area contributed by atoms with Crippen LogP contribution in [-0.2, 0) is 17.8 Å². The van der Waals surface area contributed by atoms with Crippen molar-refractivity contribution in [1.82, 2.24) is 10.2 Å². The summed E-state index contributed by atoms with van der Waals surface area (Å²) >= 11 is 0. The van der Waals surface area contributed by atoms with Gasteiger partial charge in [-0.1, -0.05) is 6.07 Å². The Labute approximate surface area is 183 Å². The van der Waals surface area contributed by atoms with Crippen LogP contribution in [0.5, 0.6) is 11.5 Å². The minimum Gasteiger partial charge on any atom is -0.490 e. The van der Waals surface area contributed by atoms with E-state index in [2.05, 4.69) is 21.6 Å². The lowest BCUT2D eigenvalue weighted by molar-refractivity contribution is -0.117. The van der Waals surface area contributed by atoms with Gasteiger partial charge in [-0.3, -0.25) is 14.5 Å². The number of ether oxygens (including phenoxy) is 2. The van der Waals surface area contributed by atoms with Crippen molar-refractivity contribution in [1.29, 1.82) is 0 Å². The van der Waals surface area contributed by atoms with E-state index in [1.807, 2.05) is 26.8 Å². The first-order chi connectivity index (χ1) is 15.0. The number of amides is 2. The molecule has 0 unspecified atom stereocenters. The first kappa shape index (κ1) is 22.6. The summed E-state index contributed by atoms with van der Waals surface area (Å²) in [6.07, 6.45) is 0.849. The topological polar surface area (TPSA) is 79.9 Å². The largest absolute Gasteiger partial charge is 0.490 e. The van der Waals surface area contributed by atoms with Gasteiger partial charge in [-0.05, 0) is 68.7 Å². The molecule has 2 aromatic carbocycles. The lowest BCUT2D eigenvalue weighted by Gasteiger charge is -2.29. The lowest BCUT2D eigenvalue weighted by atomic mass is 9.98. The number of rotatable bonds is 9. The molecule has 0 radical (unpaired) electrons. The van der Waals surface area contributed by atoms with E-state index in [-0.39, 0.29) is 18.4 Å². The van der Waals surface area contributed by atoms with Crippen LogP contribution in [-0.4, -0.2) is 49.6 Å². The van der Waals surface area contributed by atoms with E-state index in [1.165, 1.54) is 5.56 Å². The third-order valence-electron chi connectivity index (χ3n) is 5.07. The van der Waals surface area contributed by atoms with E-state index in [0.29, 0.717) is 37.6 Å². The Morgan fingerprint density at radius 3 is 2.39 bits per heavy atom. The fourth-order valence-corrected chi connectivity index (χ4v) is 3.70. The van der Waals surface area contributed by atoms with Crippen molar-refractivity contribution in [2.24, 2.45) is 0 Å². The minimum atomic E-state index is -0.150. The number of fused-ring (bicyclic) bond motifs is 1. The van der Waals surface area contributed by atoms with E-state index < -0.39 is 0 Å². The van der Waals surface area contributed by atoms with Gasteiger partial charge in [-0.25, -0.2) is 0 Å². The molecule has 0 spiro atoms. The average Bonchev–Trinajstić information content (AvgIpc) is 2.75. The van der Waals surface area contributed by atoms with Crippen LogP contribution in [0.4, 0.5) is 5.69 Å². The quantitative estimate of drug-likeness (QED) is 0.645. The van der Waals surface area contributed by atoms with Crippen LogP contribution in [0.1, 0.15) is 42.3 Å². The van der Waals surface area contributed by atoms with Crippen LogP contribution in [0.15, 0.2) is 36.4 Å². The van der Waals surface area contributed by atoms with E-state index in [4.69, 9.17) is 9.47 Å². The monoisotopic (exact) mass is 425 g/mol. The van der Waals surface area contributed by atoms with Crippen LogP contribution in [0, 0.1) is 0 Å². The summed E-state index contributed by atoms with van der Waals surface area (Å²) in [5, 5.41) is 5.67. The summed E-state index contributed by atoms with van der Waals surface area (Å²) in [7, 11) is 0. The maximum absolute atomic E-state index is 12.6. The van der Waals surface area contributed by atoms with Gasteiger partial charge < -0.3 is 20.1 Å². The zero-order valence-corrected chi connectivity index (χ0v) is 18.5. The highest BCUT2D eigenvalue weighted by molar-refractivity contribution is 5.97. The summed E-state index contributed by atoms with van der Waals surface area (Å²) in [5.41, 5.74) is 3.54. The summed E-state index contributed by atoms with van der Waals surface area (Å²) in [6, 6.07) is 11.1. The van der Waals surface area contributed by atoms with Gasteiger partial charge in [-0.2, -0.15) is 0 Å². The summed E-state index contributed by atoms with van der Waals surface area (Å²) in [4.78, 5) is 26.7. The fraction of sp³-hybridized carbons (Fsp3) is 0.417. The SMILES string of the molecule is CCNC(=O)c1cccc(NC(=O)CN2CCc3cc(OCC)c(OCC)cc3C2)c1. The van der Waals surface area contributed by atoms with Crippen molar-refractivity contribution >= 4 is 17.5 Å². The van der Waals surface area contributed by atoms with Crippen LogP contribution >= 0.6 is 0 Å². The molecule has 0 aromatic heterocycles. The molecule has 1 aliphatic rings. The molecule has 31 heavy (non-hydrogen) atoms. The second-order valence-electron chi connectivity index (χ2n) is 7.38. The van der Waals surface area contributed by atoms with Gasteiger partial charge >= 0.3 is 0 Å². The van der Waals surface area contributed by atoms with E-state index in [9.17, 15) is 9.59 Å². The lowest BCUT2D eigenvalue weighted by Crippen LogP contribution is -2.37. The van der Waals surface area contributed by atoms with Crippen LogP contribution in [0.25, 0.3) is 0 Å². The Morgan fingerprint density at radius 2 is 1.71 bits per heavy atom. The molecule has 2 N–H and O–H groups in total. The molecule has 2 aromatic rings. The fourth-order valence-electron chi connectivity index (χ4n) is 3.70. The van der Waals surface area contributed by atoms with Gasteiger partial charge in [0.05, 0.1) is 19.8 Å². The first-order valence-corrected chi connectivity index (χ1v) is 10.9. The third-order valence-corrected chi connectivity index (χ3v) is 5.07. The van der Waals surface area contributed by atoms with Gasteiger partial charge in [0.25, 0.3) is 5.91 Å². The molecule has 0 saturated heterocycles. The second kappa shape index (κ2) is 10.8. The number of hydrogen-bond donors (Lipinski definition) is 2. The van der Waals surface area contributed by atoms with Gasteiger partial charge in [0.15, 0.2) is 11.5 Å². The number of benzene rings is 2. The predicted molar refractivity (Wildman–Crippen MR) is 121 cm³/mol. The van der Waals surface area contributed by atoms with Crippen molar-refractivity contribution in [2.45, 2.75) is 33.7 Å². The Morgan fingerprint density at radius 1 is 1.00 bits per heavy atom. The van der Waals surface area contributed by atoms with Crippen molar-refractivity contribution in [3.63, 3.8) is 0 Å². The molecule has 0 aliphatic carbocycles. The number of nitrogens with zero attached hydrogens (tertiary/aromatic N) is 1. The van der Waals surface area contributed by atoms with E-state index in [1.54, 1.807) is 24.3 Å². The highest BCUT2D eigenvalue weighted by atomic mass is 16.5. The minimum absolute atomic E-state index is 0.104. The van der Waals surface area contributed by atoms with Gasteiger partial charge in [-0.15, -0.1) is 0 Å². The van der Waals surface area contributed by atoms with Crippen LogP contribution < -0.4 is 20.1 Å². The van der Waals surface area contributed by atoms with Crippen LogP contribution in [0.2, 0.25) is 0 Å². The van der Waals surface area contributed by atoms with Crippen molar-refractivity contribution in [3.05, 3.63) is 53.1 Å². The standard InChI is InChI=1S/C24H31N3O4/c1-4-25-24(29)18-8-7-9-20(12-18)26-23(28)16-27-11-10-17-13-21(30-5-2)22(31-6-3)14-19(17)15-27/h7-9,12-14H,4-6,10-11,15-16H2,1-3H3,(H,25,29)(H,26,28). The summed E-state index contributed by atoms with van der Waals surface area (Å²) in [6.45, 7) is 9.24. The van der Waals surface area contributed by atoms with Gasteiger partial charge in [0.1, 0.15) is 0 Å². The molecule has 0 bridgehead atoms. The van der Waals surface area contributed by atoms with Crippen molar-refractivity contribution in [3.8, 4) is 11.5 Å². The van der Waals surface area contributed by atoms with Crippen LogP contribution in [0.3, 0.4) is 0 Å². The van der Waals surface area contributed by atoms with E-state index in [0.717, 1.165) is 30.0 Å². The summed E-state index contributed by atoms with van der Waals surface area (Å²) in [5.74, 6) is 1.27. The molecule has 0 fully saturated rings. The molecular weight excluding hydrogens is 394 g/mol. The molecule has 3 rings (SSSR count). The number of nitrogens with one attached hydrogen (secondary N) is 2. The maximum Gasteiger partial charge on any atom is 0.251 e. The molecule has 7 heteroatoms. The highest BCUT2D eigenvalue weighted by Gasteiger charge is 2.21. The summed E-state index contributed by atoms with van der Waals surface area (Å²) < 4.78 is 11.5.